The van der Waals surface area contributed by atoms with Gasteiger partial charge in [0.25, 0.3) is 0 Å². The summed E-state index contributed by atoms with van der Waals surface area (Å²) >= 11 is 1.49. The van der Waals surface area contributed by atoms with Gasteiger partial charge in [-0.15, -0.1) is 11.3 Å². The lowest BCUT2D eigenvalue weighted by Crippen LogP contribution is -2.46. The van der Waals surface area contributed by atoms with Gasteiger partial charge in [0.05, 0.1) is 24.3 Å². The molecule has 0 spiro atoms. The molecular formula is C14H17N3O2S. The second-order valence-electron chi connectivity index (χ2n) is 5.15. The summed E-state index contributed by atoms with van der Waals surface area (Å²) in [5.41, 5.74) is 1.05. The van der Waals surface area contributed by atoms with Gasteiger partial charge in [-0.3, -0.25) is 9.78 Å². The molecule has 6 heteroatoms. The van der Waals surface area contributed by atoms with Crippen LogP contribution in [0.5, 0.6) is 0 Å². The van der Waals surface area contributed by atoms with Gasteiger partial charge in [-0.1, -0.05) is 0 Å². The lowest BCUT2D eigenvalue weighted by atomic mass is 10.1. The molecule has 0 aliphatic carbocycles. The quantitative estimate of drug-likeness (QED) is 0.878. The van der Waals surface area contributed by atoms with Crippen LogP contribution in [0.15, 0.2) is 29.9 Å². The van der Waals surface area contributed by atoms with Crippen LogP contribution in [-0.4, -0.2) is 33.1 Å². The average Bonchev–Trinajstić information content (AvgIpc) is 2.87. The monoisotopic (exact) mass is 291 g/mol. The van der Waals surface area contributed by atoms with Crippen LogP contribution in [0.25, 0.3) is 10.6 Å². The Morgan fingerprint density at radius 1 is 1.50 bits per heavy atom. The van der Waals surface area contributed by atoms with Crippen molar-refractivity contribution in [2.24, 2.45) is 0 Å². The number of thiazole rings is 1. The number of hydrogen-bond acceptors (Lipinski definition) is 5. The topological polar surface area (TPSA) is 75.1 Å². The highest BCUT2D eigenvalue weighted by Gasteiger charge is 2.19. The number of carbonyl (C=O) groups is 1. The zero-order valence-corrected chi connectivity index (χ0v) is 12.3. The van der Waals surface area contributed by atoms with E-state index in [1.54, 1.807) is 26.2 Å². The predicted molar refractivity (Wildman–Crippen MR) is 78.4 cm³/mol. The molecule has 0 bridgehead atoms. The van der Waals surface area contributed by atoms with E-state index in [0.29, 0.717) is 0 Å². The third kappa shape index (κ3) is 3.85. The molecule has 0 aromatic carbocycles. The third-order valence-corrected chi connectivity index (χ3v) is 3.62. The Hall–Kier alpha value is -1.79. The third-order valence-electron chi connectivity index (χ3n) is 2.68. The molecule has 5 nitrogen and oxygen atoms in total. The second-order valence-corrected chi connectivity index (χ2v) is 6.01. The number of amides is 1. The van der Waals surface area contributed by atoms with Crippen molar-refractivity contribution in [3.63, 3.8) is 0 Å². The molecule has 2 aromatic heterocycles. The summed E-state index contributed by atoms with van der Waals surface area (Å²) in [6.45, 7) is 3.44. The number of aliphatic hydroxyl groups is 1. The molecule has 0 aliphatic heterocycles. The Morgan fingerprint density at radius 2 is 2.30 bits per heavy atom. The van der Waals surface area contributed by atoms with E-state index in [1.165, 1.54) is 11.3 Å². The van der Waals surface area contributed by atoms with Crippen LogP contribution >= 0.6 is 11.3 Å². The standard InChI is InChI=1S/C14H17N3O2S/c1-14(2,9-18)17-12(19)6-11-8-20-13(16-11)10-4-3-5-15-7-10/h3-5,7-8,18H,6,9H2,1-2H3,(H,17,19). The van der Waals surface area contributed by atoms with E-state index in [9.17, 15) is 4.79 Å². The van der Waals surface area contributed by atoms with E-state index in [2.05, 4.69) is 15.3 Å². The summed E-state index contributed by atoms with van der Waals surface area (Å²) in [5, 5.41) is 14.6. The zero-order chi connectivity index (χ0) is 14.6. The summed E-state index contributed by atoms with van der Waals surface area (Å²) in [5.74, 6) is -0.146. The van der Waals surface area contributed by atoms with E-state index in [1.807, 2.05) is 17.5 Å². The molecule has 0 saturated heterocycles. The predicted octanol–water partition coefficient (Wildman–Crippen LogP) is 1.63. The number of pyridine rings is 1. The minimum Gasteiger partial charge on any atom is -0.394 e. The van der Waals surface area contributed by atoms with Crippen molar-refractivity contribution in [3.05, 3.63) is 35.6 Å². The second kappa shape index (κ2) is 6.11. The van der Waals surface area contributed by atoms with E-state index in [-0.39, 0.29) is 18.9 Å². The van der Waals surface area contributed by atoms with Crippen LogP contribution in [-0.2, 0) is 11.2 Å². The number of carbonyl (C=O) groups excluding carboxylic acids is 1. The minimum absolute atomic E-state index is 0.100. The van der Waals surface area contributed by atoms with Crippen molar-refractivity contribution in [2.75, 3.05) is 6.61 Å². The van der Waals surface area contributed by atoms with Gasteiger partial charge in [-0.25, -0.2) is 4.98 Å². The van der Waals surface area contributed by atoms with E-state index >= 15 is 0 Å². The minimum atomic E-state index is -0.612. The maximum absolute atomic E-state index is 11.9. The molecular weight excluding hydrogens is 274 g/mol. The van der Waals surface area contributed by atoms with Gasteiger partial charge in [-0.05, 0) is 26.0 Å². The maximum atomic E-state index is 11.9. The van der Waals surface area contributed by atoms with Crippen molar-refractivity contribution < 1.29 is 9.90 Å². The Kier molecular flexibility index (Phi) is 4.46. The maximum Gasteiger partial charge on any atom is 0.226 e. The fraction of sp³-hybridized carbons (Fsp3) is 0.357. The average molecular weight is 291 g/mol. The molecule has 106 valence electrons. The van der Waals surface area contributed by atoms with Gasteiger partial charge >= 0.3 is 0 Å². The van der Waals surface area contributed by atoms with Crippen LogP contribution < -0.4 is 5.32 Å². The molecule has 2 aromatic rings. The molecule has 2 heterocycles. The summed E-state index contributed by atoms with van der Waals surface area (Å²) in [6.07, 6.45) is 3.67. The number of aromatic nitrogens is 2. The van der Waals surface area contributed by atoms with Gasteiger partial charge < -0.3 is 10.4 Å². The fourth-order valence-electron chi connectivity index (χ4n) is 1.64. The molecule has 2 N–H and O–H groups in total. The number of nitrogens with zero attached hydrogens (tertiary/aromatic N) is 2. The highest BCUT2D eigenvalue weighted by molar-refractivity contribution is 7.13. The molecule has 20 heavy (non-hydrogen) atoms. The molecule has 1 amide bonds. The van der Waals surface area contributed by atoms with E-state index in [4.69, 9.17) is 5.11 Å². The highest BCUT2D eigenvalue weighted by atomic mass is 32.1. The molecule has 0 radical (unpaired) electrons. The summed E-state index contributed by atoms with van der Waals surface area (Å²) in [4.78, 5) is 20.3. The van der Waals surface area contributed by atoms with Gasteiger partial charge in [0.15, 0.2) is 0 Å². The van der Waals surface area contributed by atoms with Crippen LogP contribution in [0, 0.1) is 0 Å². The summed E-state index contributed by atoms with van der Waals surface area (Å²) in [6, 6.07) is 3.79. The van der Waals surface area contributed by atoms with Gasteiger partial charge in [0, 0.05) is 23.3 Å². The van der Waals surface area contributed by atoms with Gasteiger partial charge in [0.2, 0.25) is 5.91 Å². The van der Waals surface area contributed by atoms with Crippen LogP contribution in [0.3, 0.4) is 0 Å². The Balaban J connectivity index is 2.02. The first-order chi connectivity index (χ1) is 9.50. The normalized spacial score (nSPS) is 11.3. The number of rotatable bonds is 5. The number of hydrogen-bond donors (Lipinski definition) is 2. The molecule has 0 fully saturated rings. The van der Waals surface area contributed by atoms with Crippen molar-refractivity contribution in [2.45, 2.75) is 25.8 Å². The first kappa shape index (κ1) is 14.6. The summed E-state index contributed by atoms with van der Waals surface area (Å²) < 4.78 is 0. The van der Waals surface area contributed by atoms with E-state index in [0.717, 1.165) is 16.3 Å². The fourth-order valence-corrected chi connectivity index (χ4v) is 2.45. The summed E-state index contributed by atoms with van der Waals surface area (Å²) in [7, 11) is 0. The number of aliphatic hydroxyl groups excluding tert-OH is 1. The molecule has 0 aliphatic rings. The lowest BCUT2D eigenvalue weighted by molar-refractivity contribution is -0.122. The first-order valence-electron chi connectivity index (χ1n) is 6.27. The molecule has 0 unspecified atom stereocenters. The smallest absolute Gasteiger partial charge is 0.226 e. The molecule has 0 saturated carbocycles. The van der Waals surface area contributed by atoms with Crippen molar-refractivity contribution in [3.8, 4) is 10.6 Å². The van der Waals surface area contributed by atoms with Crippen LogP contribution in [0.1, 0.15) is 19.5 Å². The van der Waals surface area contributed by atoms with Crippen molar-refractivity contribution >= 4 is 17.2 Å². The SMILES string of the molecule is CC(C)(CO)NC(=O)Cc1csc(-c2cccnc2)n1. The number of nitrogens with one attached hydrogen (secondary N) is 1. The van der Waals surface area contributed by atoms with Gasteiger partial charge in [-0.2, -0.15) is 0 Å². The molecule has 2 rings (SSSR count). The Bertz CT molecular complexity index is 581. The molecule has 0 atom stereocenters. The zero-order valence-electron chi connectivity index (χ0n) is 11.5. The first-order valence-corrected chi connectivity index (χ1v) is 7.15. The van der Waals surface area contributed by atoms with Gasteiger partial charge in [0.1, 0.15) is 5.01 Å². The van der Waals surface area contributed by atoms with Crippen LogP contribution in [0.2, 0.25) is 0 Å². The van der Waals surface area contributed by atoms with Crippen molar-refractivity contribution in [1.29, 1.82) is 0 Å². The van der Waals surface area contributed by atoms with Crippen molar-refractivity contribution in [1.82, 2.24) is 15.3 Å². The van der Waals surface area contributed by atoms with Crippen LogP contribution in [0.4, 0.5) is 0 Å². The highest BCUT2D eigenvalue weighted by Crippen LogP contribution is 2.22. The van der Waals surface area contributed by atoms with E-state index < -0.39 is 5.54 Å². The Morgan fingerprint density at radius 3 is 2.95 bits per heavy atom. The Labute approximate surface area is 121 Å². The largest absolute Gasteiger partial charge is 0.394 e. The lowest BCUT2D eigenvalue weighted by Gasteiger charge is -2.23.